The molecule has 0 heterocycles. The van der Waals surface area contributed by atoms with Gasteiger partial charge in [0.05, 0.1) is 0 Å². The Bertz CT molecular complexity index is 678. The highest BCUT2D eigenvalue weighted by atomic mass is 79.9. The summed E-state index contributed by atoms with van der Waals surface area (Å²) in [5, 5.41) is 9.30. The Kier molecular flexibility index (Phi) is 4.68. The molecule has 4 heteroatoms. The van der Waals surface area contributed by atoms with Crippen LogP contribution in [-0.4, -0.2) is 11.1 Å². The van der Waals surface area contributed by atoms with Gasteiger partial charge in [-0.2, -0.15) is 0 Å². The van der Waals surface area contributed by atoms with Crippen LogP contribution in [0.4, 0.5) is 0 Å². The molecule has 3 nitrogen and oxygen atoms in total. The zero-order chi connectivity index (χ0) is 15.6. The van der Waals surface area contributed by atoms with Crippen molar-refractivity contribution in [3.8, 4) is 11.5 Å². The molecule has 2 aromatic carbocycles. The van der Waals surface area contributed by atoms with E-state index in [0.717, 1.165) is 11.1 Å². The minimum absolute atomic E-state index is 0.139. The number of aromatic carboxylic acids is 1. The maximum atomic E-state index is 11.3. The standard InChI is InChI=1S/C17H17BrO3/c1-10(2)13-6-4-11(3)8-16(13)21-15-7-5-12(18)9-14(15)17(19)20/h4-10H,1-3H3,(H,19,20). The Morgan fingerprint density at radius 1 is 1.14 bits per heavy atom. The second-order valence-corrected chi connectivity index (χ2v) is 6.16. The van der Waals surface area contributed by atoms with E-state index >= 15 is 0 Å². The lowest BCUT2D eigenvalue weighted by molar-refractivity contribution is 0.0694. The van der Waals surface area contributed by atoms with Crippen molar-refractivity contribution in [2.45, 2.75) is 26.7 Å². The normalized spacial score (nSPS) is 10.7. The van der Waals surface area contributed by atoms with Crippen LogP contribution in [0.3, 0.4) is 0 Å². The quantitative estimate of drug-likeness (QED) is 0.807. The molecule has 0 saturated carbocycles. The fourth-order valence-corrected chi connectivity index (χ4v) is 2.44. The van der Waals surface area contributed by atoms with E-state index in [-0.39, 0.29) is 5.56 Å². The summed E-state index contributed by atoms with van der Waals surface area (Å²) in [6.07, 6.45) is 0. The van der Waals surface area contributed by atoms with Crippen LogP contribution in [0.2, 0.25) is 0 Å². The van der Waals surface area contributed by atoms with Gasteiger partial charge < -0.3 is 9.84 Å². The maximum absolute atomic E-state index is 11.3. The monoisotopic (exact) mass is 348 g/mol. The highest BCUT2D eigenvalue weighted by Crippen LogP contribution is 2.34. The van der Waals surface area contributed by atoms with Crippen molar-refractivity contribution in [1.82, 2.24) is 0 Å². The van der Waals surface area contributed by atoms with E-state index in [0.29, 0.717) is 21.9 Å². The van der Waals surface area contributed by atoms with Crippen LogP contribution < -0.4 is 4.74 Å². The molecule has 0 fully saturated rings. The minimum Gasteiger partial charge on any atom is -0.478 e. The molecule has 0 radical (unpaired) electrons. The number of hydrogen-bond donors (Lipinski definition) is 1. The molecule has 0 spiro atoms. The lowest BCUT2D eigenvalue weighted by Crippen LogP contribution is -2.02. The van der Waals surface area contributed by atoms with Gasteiger partial charge in [-0.05, 0) is 48.2 Å². The highest BCUT2D eigenvalue weighted by molar-refractivity contribution is 9.10. The Balaban J connectivity index is 2.47. The molecular weight excluding hydrogens is 332 g/mol. The summed E-state index contributed by atoms with van der Waals surface area (Å²) < 4.78 is 6.61. The van der Waals surface area contributed by atoms with Crippen LogP contribution in [0.1, 0.15) is 41.3 Å². The summed E-state index contributed by atoms with van der Waals surface area (Å²) in [4.78, 5) is 11.3. The molecule has 2 rings (SSSR count). The third-order valence-electron chi connectivity index (χ3n) is 3.18. The first-order chi connectivity index (χ1) is 9.88. The van der Waals surface area contributed by atoms with E-state index in [9.17, 15) is 9.90 Å². The van der Waals surface area contributed by atoms with E-state index in [2.05, 4.69) is 29.8 Å². The molecule has 0 aliphatic carbocycles. The zero-order valence-corrected chi connectivity index (χ0v) is 13.8. The lowest BCUT2D eigenvalue weighted by atomic mass is 10.0. The molecule has 0 aromatic heterocycles. The van der Waals surface area contributed by atoms with Crippen LogP contribution in [0.15, 0.2) is 40.9 Å². The molecular formula is C17H17BrO3. The smallest absolute Gasteiger partial charge is 0.339 e. The van der Waals surface area contributed by atoms with Crippen LogP contribution >= 0.6 is 15.9 Å². The van der Waals surface area contributed by atoms with Crippen molar-refractivity contribution in [3.63, 3.8) is 0 Å². The first-order valence-corrected chi connectivity index (χ1v) is 7.49. The number of ether oxygens (including phenoxy) is 1. The summed E-state index contributed by atoms with van der Waals surface area (Å²) in [5.74, 6) is 0.336. The van der Waals surface area contributed by atoms with Gasteiger partial charge in [-0.15, -0.1) is 0 Å². The first kappa shape index (κ1) is 15.6. The maximum Gasteiger partial charge on any atom is 0.339 e. The summed E-state index contributed by atoms with van der Waals surface area (Å²) >= 11 is 3.28. The number of carbonyl (C=O) groups is 1. The number of hydrogen-bond acceptors (Lipinski definition) is 2. The van der Waals surface area contributed by atoms with Gasteiger partial charge in [0.25, 0.3) is 0 Å². The molecule has 1 N–H and O–H groups in total. The Morgan fingerprint density at radius 2 is 1.86 bits per heavy atom. The van der Waals surface area contributed by atoms with Crippen molar-refractivity contribution in [2.24, 2.45) is 0 Å². The fraction of sp³-hybridized carbons (Fsp3) is 0.235. The second kappa shape index (κ2) is 6.31. The van der Waals surface area contributed by atoms with Crippen molar-refractivity contribution in [3.05, 3.63) is 57.6 Å². The molecule has 0 atom stereocenters. The fourth-order valence-electron chi connectivity index (χ4n) is 2.08. The summed E-state index contributed by atoms with van der Waals surface area (Å²) in [5.41, 5.74) is 2.27. The van der Waals surface area contributed by atoms with Gasteiger partial charge in [0.2, 0.25) is 0 Å². The number of halogens is 1. The number of rotatable bonds is 4. The van der Waals surface area contributed by atoms with Gasteiger partial charge in [0.1, 0.15) is 17.1 Å². The predicted octanol–water partition coefficient (Wildman–Crippen LogP) is 5.37. The molecule has 0 aliphatic heterocycles. The van der Waals surface area contributed by atoms with Crippen molar-refractivity contribution < 1.29 is 14.6 Å². The molecule has 110 valence electrons. The van der Waals surface area contributed by atoms with E-state index in [1.54, 1.807) is 18.2 Å². The van der Waals surface area contributed by atoms with Gasteiger partial charge >= 0.3 is 5.97 Å². The number of aryl methyl sites for hydroxylation is 1. The largest absolute Gasteiger partial charge is 0.478 e. The summed E-state index contributed by atoms with van der Waals surface area (Å²) in [6.45, 7) is 6.14. The van der Waals surface area contributed by atoms with Gasteiger partial charge in [0.15, 0.2) is 0 Å². The number of benzene rings is 2. The molecule has 0 bridgehead atoms. The third-order valence-corrected chi connectivity index (χ3v) is 3.68. The van der Waals surface area contributed by atoms with Gasteiger partial charge in [-0.25, -0.2) is 4.79 Å². The summed E-state index contributed by atoms with van der Waals surface area (Å²) in [7, 11) is 0. The molecule has 0 unspecified atom stereocenters. The van der Waals surface area contributed by atoms with Crippen LogP contribution in [-0.2, 0) is 0 Å². The Morgan fingerprint density at radius 3 is 2.48 bits per heavy atom. The lowest BCUT2D eigenvalue weighted by Gasteiger charge is -2.16. The SMILES string of the molecule is Cc1ccc(C(C)C)c(Oc2ccc(Br)cc2C(=O)O)c1. The van der Waals surface area contributed by atoms with Gasteiger partial charge in [-0.1, -0.05) is 41.9 Å². The molecule has 0 amide bonds. The molecule has 0 saturated heterocycles. The van der Waals surface area contributed by atoms with Crippen LogP contribution in [0.25, 0.3) is 0 Å². The van der Waals surface area contributed by atoms with Gasteiger partial charge in [-0.3, -0.25) is 0 Å². The number of carboxylic acid groups (broad SMARTS) is 1. The highest BCUT2D eigenvalue weighted by Gasteiger charge is 2.15. The zero-order valence-electron chi connectivity index (χ0n) is 12.2. The van der Waals surface area contributed by atoms with Crippen LogP contribution in [0, 0.1) is 6.92 Å². The number of carboxylic acids is 1. The van der Waals surface area contributed by atoms with Crippen molar-refractivity contribution in [2.75, 3.05) is 0 Å². The third kappa shape index (κ3) is 3.64. The van der Waals surface area contributed by atoms with E-state index < -0.39 is 5.97 Å². The topological polar surface area (TPSA) is 46.5 Å². The Hall–Kier alpha value is -1.81. The average molecular weight is 349 g/mol. The van der Waals surface area contributed by atoms with E-state index in [1.165, 1.54) is 0 Å². The minimum atomic E-state index is -1.01. The van der Waals surface area contributed by atoms with Crippen molar-refractivity contribution in [1.29, 1.82) is 0 Å². The predicted molar refractivity (Wildman–Crippen MR) is 86.4 cm³/mol. The van der Waals surface area contributed by atoms with E-state index in [1.807, 2.05) is 25.1 Å². The van der Waals surface area contributed by atoms with Crippen molar-refractivity contribution >= 4 is 21.9 Å². The Labute approximate surface area is 132 Å². The van der Waals surface area contributed by atoms with E-state index in [4.69, 9.17) is 4.74 Å². The molecule has 2 aromatic rings. The average Bonchev–Trinajstić information content (AvgIpc) is 2.40. The molecule has 21 heavy (non-hydrogen) atoms. The first-order valence-electron chi connectivity index (χ1n) is 6.69. The second-order valence-electron chi connectivity index (χ2n) is 5.24. The van der Waals surface area contributed by atoms with Crippen LogP contribution in [0.5, 0.6) is 11.5 Å². The summed E-state index contributed by atoms with van der Waals surface area (Å²) in [6, 6.07) is 11.0. The van der Waals surface area contributed by atoms with Gasteiger partial charge in [0, 0.05) is 4.47 Å². The molecule has 0 aliphatic rings.